The van der Waals surface area contributed by atoms with Gasteiger partial charge in [-0.05, 0) is 47.5 Å². The highest BCUT2D eigenvalue weighted by Gasteiger charge is 2.67. The zero-order valence-corrected chi connectivity index (χ0v) is 24.1. The van der Waals surface area contributed by atoms with Gasteiger partial charge in [0.15, 0.2) is 5.78 Å². The fourth-order valence-corrected chi connectivity index (χ4v) is 5.75. The van der Waals surface area contributed by atoms with Gasteiger partial charge in [-0.2, -0.15) is 13.2 Å². The molecule has 0 spiro atoms. The van der Waals surface area contributed by atoms with E-state index in [1.807, 2.05) is 0 Å². The zero-order chi connectivity index (χ0) is 31.9. The molecule has 0 heterocycles. The molecule has 43 heavy (non-hydrogen) atoms. The maximum Gasteiger partial charge on any atom is 0.419 e. The average molecular weight is 663 g/mol. The summed E-state index contributed by atoms with van der Waals surface area (Å²) >= 11 is 18.6. The van der Waals surface area contributed by atoms with Crippen molar-refractivity contribution in [2.45, 2.75) is 35.7 Å². The molecule has 4 rings (SSSR count). The summed E-state index contributed by atoms with van der Waals surface area (Å²) in [5.74, 6) is -7.80. The lowest BCUT2D eigenvalue weighted by Crippen LogP contribution is -2.17. The van der Waals surface area contributed by atoms with Gasteiger partial charge in [0.05, 0.1) is 16.5 Å². The van der Waals surface area contributed by atoms with Crippen LogP contribution in [0.1, 0.15) is 45.0 Å². The quantitative estimate of drug-likeness (QED) is 0.103. The summed E-state index contributed by atoms with van der Waals surface area (Å²) in [5, 5.41) is 2.43. The second-order valence-corrected chi connectivity index (χ2v) is 11.7. The number of benzene rings is 3. The average Bonchev–Trinajstić information content (AvgIpc) is 3.50. The summed E-state index contributed by atoms with van der Waals surface area (Å²) in [6, 6.07) is 8.02. The number of alkyl halides is 5. The fraction of sp³-hybridized carbons (Fsp3) is 0.233. The molecule has 1 saturated carbocycles. The van der Waals surface area contributed by atoms with E-state index in [2.05, 4.69) is 11.9 Å². The Morgan fingerprint density at radius 3 is 2.28 bits per heavy atom. The molecule has 0 aliphatic heterocycles. The molecule has 3 aromatic carbocycles. The molecular formula is C30H20Cl3F6NO3. The number of rotatable bonds is 10. The van der Waals surface area contributed by atoms with E-state index in [0.717, 1.165) is 18.2 Å². The molecule has 4 nitrogen and oxygen atoms in total. The van der Waals surface area contributed by atoms with Gasteiger partial charge in [0, 0.05) is 42.0 Å². The van der Waals surface area contributed by atoms with Crippen molar-refractivity contribution in [2.75, 3.05) is 5.32 Å². The minimum Gasteiger partial charge on any atom is -0.326 e. The number of Topliss-reactive ketones (excluding diaryl/α,β-unsaturated/α-hetero) is 2. The number of hydrogen-bond donors (Lipinski definition) is 1. The normalized spacial score (nSPS) is 17.3. The van der Waals surface area contributed by atoms with Crippen LogP contribution in [0.4, 0.5) is 32.0 Å². The number of amides is 1. The lowest BCUT2D eigenvalue weighted by molar-refractivity contribution is -0.140. The van der Waals surface area contributed by atoms with Gasteiger partial charge in [0.2, 0.25) is 5.91 Å². The highest BCUT2D eigenvalue weighted by Crippen LogP contribution is 2.65. The van der Waals surface area contributed by atoms with Gasteiger partial charge in [-0.15, -0.1) is 29.8 Å². The number of halogens is 9. The van der Waals surface area contributed by atoms with Crippen LogP contribution in [0, 0.1) is 23.4 Å². The minimum absolute atomic E-state index is 0.0397. The van der Waals surface area contributed by atoms with Gasteiger partial charge in [-0.3, -0.25) is 14.4 Å². The summed E-state index contributed by atoms with van der Waals surface area (Å²) in [6.45, 7) is 3.41. The van der Waals surface area contributed by atoms with Crippen LogP contribution < -0.4 is 5.32 Å². The highest BCUT2D eigenvalue weighted by atomic mass is 35.5. The molecule has 1 N–H and O–H groups in total. The molecule has 0 unspecified atom stereocenters. The predicted molar refractivity (Wildman–Crippen MR) is 150 cm³/mol. The molecule has 226 valence electrons. The first-order valence-electron chi connectivity index (χ1n) is 12.5. The summed E-state index contributed by atoms with van der Waals surface area (Å²) in [7, 11) is 0. The van der Waals surface area contributed by atoms with Gasteiger partial charge in [0.25, 0.3) is 0 Å². The van der Waals surface area contributed by atoms with Crippen LogP contribution in [0.2, 0.25) is 5.02 Å². The molecule has 2 atom stereocenters. The SMILES string of the molecule is C=CCC(=O)Cc1c(F)ccc(CC(=O)c2cc(NC(=O)[C@H]3[C@H](c4ccc(F)c(C(F)(F)F)c4)C3(Cl)Cl)ccc2Cl)c1F. The van der Waals surface area contributed by atoms with Gasteiger partial charge in [-0.25, -0.2) is 13.2 Å². The molecule has 0 radical (unpaired) electrons. The minimum atomic E-state index is -4.98. The lowest BCUT2D eigenvalue weighted by atomic mass is 9.97. The van der Waals surface area contributed by atoms with Gasteiger partial charge in [-0.1, -0.05) is 29.8 Å². The maximum atomic E-state index is 15.1. The Morgan fingerprint density at radius 2 is 1.63 bits per heavy atom. The van der Waals surface area contributed by atoms with E-state index in [4.69, 9.17) is 34.8 Å². The Balaban J connectivity index is 1.52. The molecule has 0 aromatic heterocycles. The Bertz CT molecular complexity index is 1640. The molecule has 0 bridgehead atoms. The van der Waals surface area contributed by atoms with Crippen LogP contribution >= 0.6 is 34.8 Å². The Morgan fingerprint density at radius 1 is 0.953 bits per heavy atom. The fourth-order valence-electron chi connectivity index (χ4n) is 4.70. The van der Waals surface area contributed by atoms with Crippen LogP contribution in [-0.2, 0) is 28.6 Å². The topological polar surface area (TPSA) is 63.2 Å². The van der Waals surface area contributed by atoms with Crippen molar-refractivity contribution in [2.24, 2.45) is 5.92 Å². The van der Waals surface area contributed by atoms with Crippen molar-refractivity contribution in [3.8, 4) is 0 Å². The third kappa shape index (κ3) is 6.92. The zero-order valence-electron chi connectivity index (χ0n) is 21.8. The van der Waals surface area contributed by atoms with Crippen molar-refractivity contribution in [3.63, 3.8) is 0 Å². The second-order valence-electron chi connectivity index (χ2n) is 9.86. The smallest absolute Gasteiger partial charge is 0.326 e. The molecule has 3 aromatic rings. The van der Waals surface area contributed by atoms with Crippen molar-refractivity contribution >= 4 is 58.0 Å². The molecule has 13 heteroatoms. The molecule has 1 aliphatic carbocycles. The van der Waals surface area contributed by atoms with Crippen LogP contribution in [0.25, 0.3) is 0 Å². The van der Waals surface area contributed by atoms with Crippen LogP contribution in [0.5, 0.6) is 0 Å². The summed E-state index contributed by atoms with van der Waals surface area (Å²) < 4.78 is 80.8. The largest absolute Gasteiger partial charge is 0.419 e. The first kappa shape index (κ1) is 32.6. The molecule has 0 saturated heterocycles. The predicted octanol–water partition coefficient (Wildman–Crippen LogP) is 8.42. The molecular weight excluding hydrogens is 643 g/mol. The second kappa shape index (κ2) is 12.3. The van der Waals surface area contributed by atoms with E-state index in [-0.39, 0.29) is 33.8 Å². The summed E-state index contributed by atoms with van der Waals surface area (Å²) in [6.07, 6.45) is -4.87. The van der Waals surface area contributed by atoms with E-state index in [0.29, 0.717) is 12.1 Å². The maximum absolute atomic E-state index is 15.1. The number of nitrogens with one attached hydrogen (secondary N) is 1. The summed E-state index contributed by atoms with van der Waals surface area (Å²) in [5.41, 5.74) is -2.40. The standard InChI is InChI=1S/C30H20Cl3F6NO3/c1-2-3-17(41)13-19-22(34)8-5-15(27(19)36)11-24(42)18-12-16(6-7-21(18)31)40-28(43)26-25(29(26,32)33)14-4-9-23(35)20(10-14)30(37,38)39/h2,4-10,12,25-26H,1,3,11,13H2,(H,40,43)/t25-,26+/m0/s1. The number of allylic oxidation sites excluding steroid dienone is 1. The Kier molecular flexibility index (Phi) is 9.35. The first-order chi connectivity index (χ1) is 20.1. The number of carbonyl (C=O) groups excluding carboxylic acids is 3. The third-order valence-electron chi connectivity index (χ3n) is 6.89. The third-order valence-corrected chi connectivity index (χ3v) is 8.16. The van der Waals surface area contributed by atoms with Crippen molar-refractivity contribution in [1.82, 2.24) is 0 Å². The van der Waals surface area contributed by atoms with E-state index in [1.54, 1.807) is 0 Å². The van der Waals surface area contributed by atoms with Crippen LogP contribution in [0.15, 0.2) is 61.2 Å². The van der Waals surface area contributed by atoms with E-state index < -0.39 is 81.2 Å². The Labute approximate surface area is 256 Å². The first-order valence-corrected chi connectivity index (χ1v) is 13.7. The van der Waals surface area contributed by atoms with Crippen LogP contribution in [0.3, 0.4) is 0 Å². The number of hydrogen-bond acceptors (Lipinski definition) is 3. The Hall–Kier alpha value is -3.34. The molecule has 1 aliphatic rings. The molecule has 1 amide bonds. The van der Waals surface area contributed by atoms with Crippen molar-refractivity contribution in [1.29, 1.82) is 0 Å². The monoisotopic (exact) mass is 661 g/mol. The molecule has 1 fully saturated rings. The van der Waals surface area contributed by atoms with E-state index >= 15 is 4.39 Å². The van der Waals surface area contributed by atoms with Gasteiger partial charge in [0.1, 0.15) is 27.6 Å². The summed E-state index contributed by atoms with van der Waals surface area (Å²) in [4.78, 5) is 38.0. The number of ketones is 2. The number of anilines is 1. The van der Waals surface area contributed by atoms with E-state index in [9.17, 15) is 36.3 Å². The van der Waals surface area contributed by atoms with Crippen molar-refractivity contribution in [3.05, 3.63) is 111 Å². The number of carbonyl (C=O) groups is 3. The van der Waals surface area contributed by atoms with Crippen LogP contribution in [-0.4, -0.2) is 21.8 Å². The lowest BCUT2D eigenvalue weighted by Gasteiger charge is -2.11. The van der Waals surface area contributed by atoms with Crippen molar-refractivity contribution < 1.29 is 40.7 Å². The van der Waals surface area contributed by atoms with Gasteiger partial charge >= 0.3 is 6.18 Å². The highest BCUT2D eigenvalue weighted by molar-refractivity contribution is 6.53. The van der Waals surface area contributed by atoms with E-state index in [1.165, 1.54) is 24.3 Å². The van der Waals surface area contributed by atoms with Gasteiger partial charge < -0.3 is 5.32 Å².